The number of amidine groups is 2. The summed E-state index contributed by atoms with van der Waals surface area (Å²) >= 11 is 3.07. The molecule has 3 heterocycles. The molecule has 0 bridgehead atoms. The predicted octanol–water partition coefficient (Wildman–Crippen LogP) is 5.87. The van der Waals surface area contributed by atoms with E-state index in [1.807, 2.05) is 83.6 Å². The Morgan fingerprint density at radius 3 is 2.06 bits per heavy atom. The van der Waals surface area contributed by atoms with Crippen molar-refractivity contribution in [3.05, 3.63) is 93.3 Å². The number of anilines is 2. The minimum atomic E-state index is 0.0462. The van der Waals surface area contributed by atoms with Gasteiger partial charge in [-0.1, -0.05) is 24.3 Å². The lowest BCUT2D eigenvalue weighted by atomic mass is 10.2. The average molecular weight is 518 g/mol. The Morgan fingerprint density at radius 2 is 1.44 bits per heavy atom. The van der Waals surface area contributed by atoms with Gasteiger partial charge in [0.15, 0.2) is 0 Å². The van der Waals surface area contributed by atoms with Gasteiger partial charge in [0.05, 0.1) is 9.75 Å². The van der Waals surface area contributed by atoms with Crippen LogP contribution >= 0.6 is 22.7 Å². The molecule has 1 aliphatic rings. The summed E-state index contributed by atoms with van der Waals surface area (Å²) in [5.41, 5.74) is 1.66. The van der Waals surface area contributed by atoms with Gasteiger partial charge in [-0.3, -0.25) is 10.8 Å². The van der Waals surface area contributed by atoms with Crippen molar-refractivity contribution in [3.8, 4) is 11.5 Å². The first kappa shape index (κ1) is 24.1. The predicted molar refractivity (Wildman–Crippen MR) is 149 cm³/mol. The zero-order valence-corrected chi connectivity index (χ0v) is 21.1. The Balaban J connectivity index is 1.10. The third-order valence-electron chi connectivity index (χ3n) is 5.68. The smallest absolute Gasteiger partial charge is 0.140 e. The minimum absolute atomic E-state index is 0.0462. The molecule has 2 aromatic carbocycles. The van der Waals surface area contributed by atoms with E-state index in [1.54, 1.807) is 0 Å². The molecule has 0 aliphatic carbocycles. The summed E-state index contributed by atoms with van der Waals surface area (Å²) < 4.78 is 12.3. The average Bonchev–Trinajstić information content (AvgIpc) is 3.67. The third-order valence-corrected chi connectivity index (χ3v) is 7.45. The SMILES string of the molecule is N=C(Nc1cccc(OC[C@@H]2C[C@H](Oc3cccc(NC(=N)c4cccs4)c3)CN2)c1)c1cccs1. The van der Waals surface area contributed by atoms with Crippen LogP contribution in [0.15, 0.2) is 83.6 Å². The maximum atomic E-state index is 8.22. The van der Waals surface area contributed by atoms with E-state index in [-0.39, 0.29) is 12.1 Å². The molecule has 0 radical (unpaired) electrons. The summed E-state index contributed by atoms with van der Waals surface area (Å²) in [6.07, 6.45) is 0.883. The number of hydrogen-bond donors (Lipinski definition) is 5. The lowest BCUT2D eigenvalue weighted by Crippen LogP contribution is -2.28. The van der Waals surface area contributed by atoms with Crippen LogP contribution in [0.5, 0.6) is 11.5 Å². The molecular weight excluding hydrogens is 490 g/mol. The second kappa shape index (κ2) is 11.4. The quantitative estimate of drug-likeness (QED) is 0.141. The van der Waals surface area contributed by atoms with Crippen molar-refractivity contribution in [2.45, 2.75) is 18.6 Å². The van der Waals surface area contributed by atoms with Crippen LogP contribution < -0.4 is 25.4 Å². The second-order valence-corrected chi connectivity index (χ2v) is 10.3. The molecule has 2 aromatic heterocycles. The van der Waals surface area contributed by atoms with Crippen LogP contribution in [-0.2, 0) is 0 Å². The standard InChI is InChI=1S/C27H27N5O2S2/c28-26(24-9-3-11-35-24)31-18-5-1-7-21(13-18)33-17-20-15-23(16-30-20)34-22-8-2-6-19(14-22)32-27(29)25-10-4-12-36-25/h1-14,20,23,30H,15-17H2,(H2,28,31)(H2,29,32)/t20-,23-/m0/s1. The van der Waals surface area contributed by atoms with Gasteiger partial charge in [0.1, 0.15) is 35.9 Å². The number of rotatable bonds is 9. The van der Waals surface area contributed by atoms with Crippen molar-refractivity contribution < 1.29 is 9.47 Å². The highest BCUT2D eigenvalue weighted by Crippen LogP contribution is 2.24. The van der Waals surface area contributed by atoms with Gasteiger partial charge in [-0.2, -0.15) is 0 Å². The summed E-state index contributed by atoms with van der Waals surface area (Å²) in [6, 6.07) is 23.3. The Kier molecular flexibility index (Phi) is 7.61. The topological polar surface area (TPSA) is 102 Å². The van der Waals surface area contributed by atoms with E-state index in [2.05, 4.69) is 16.0 Å². The van der Waals surface area contributed by atoms with Gasteiger partial charge >= 0.3 is 0 Å². The van der Waals surface area contributed by atoms with Crippen molar-refractivity contribution in [3.63, 3.8) is 0 Å². The molecular formula is C27H27N5O2S2. The fourth-order valence-electron chi connectivity index (χ4n) is 3.95. The van der Waals surface area contributed by atoms with E-state index < -0.39 is 0 Å². The molecule has 36 heavy (non-hydrogen) atoms. The monoisotopic (exact) mass is 517 g/mol. The van der Waals surface area contributed by atoms with Gasteiger partial charge in [0.2, 0.25) is 0 Å². The Morgan fingerprint density at radius 1 is 0.833 bits per heavy atom. The van der Waals surface area contributed by atoms with Gasteiger partial charge in [0, 0.05) is 42.5 Å². The second-order valence-electron chi connectivity index (χ2n) is 8.40. The molecule has 7 nitrogen and oxygen atoms in total. The van der Waals surface area contributed by atoms with Crippen LogP contribution in [0, 0.1) is 10.8 Å². The van der Waals surface area contributed by atoms with Crippen LogP contribution in [-0.4, -0.2) is 37.0 Å². The van der Waals surface area contributed by atoms with E-state index in [9.17, 15) is 0 Å². The van der Waals surface area contributed by atoms with Crippen LogP contribution in [0.4, 0.5) is 11.4 Å². The van der Waals surface area contributed by atoms with Crippen molar-refractivity contribution >= 4 is 45.7 Å². The number of benzene rings is 2. The largest absolute Gasteiger partial charge is 0.492 e. The lowest BCUT2D eigenvalue weighted by Gasteiger charge is -2.15. The summed E-state index contributed by atoms with van der Waals surface area (Å²) in [6.45, 7) is 1.28. The summed E-state index contributed by atoms with van der Waals surface area (Å²) in [5.74, 6) is 2.29. The maximum Gasteiger partial charge on any atom is 0.140 e. The van der Waals surface area contributed by atoms with E-state index in [1.165, 1.54) is 22.7 Å². The van der Waals surface area contributed by atoms with Crippen LogP contribution in [0.25, 0.3) is 0 Å². The van der Waals surface area contributed by atoms with Crippen molar-refractivity contribution in [2.24, 2.45) is 0 Å². The minimum Gasteiger partial charge on any atom is -0.492 e. The molecule has 5 N–H and O–H groups in total. The van der Waals surface area contributed by atoms with Crippen molar-refractivity contribution in [2.75, 3.05) is 23.8 Å². The van der Waals surface area contributed by atoms with Crippen molar-refractivity contribution in [1.82, 2.24) is 5.32 Å². The molecule has 2 atom stereocenters. The Labute approximate surface area is 218 Å². The molecule has 5 rings (SSSR count). The molecule has 0 saturated carbocycles. The Hall–Kier alpha value is -3.66. The number of thiophene rings is 2. The van der Waals surface area contributed by atoms with Gasteiger partial charge in [-0.15, -0.1) is 22.7 Å². The Bertz CT molecular complexity index is 1310. The van der Waals surface area contributed by atoms with Crippen LogP contribution in [0.3, 0.4) is 0 Å². The van der Waals surface area contributed by atoms with Crippen molar-refractivity contribution in [1.29, 1.82) is 10.8 Å². The van der Waals surface area contributed by atoms with Gasteiger partial charge < -0.3 is 25.4 Å². The summed E-state index contributed by atoms with van der Waals surface area (Å²) in [4.78, 5) is 1.79. The summed E-state index contributed by atoms with van der Waals surface area (Å²) in [7, 11) is 0. The maximum absolute atomic E-state index is 8.22. The van der Waals surface area contributed by atoms with E-state index in [4.69, 9.17) is 20.3 Å². The first-order valence-corrected chi connectivity index (χ1v) is 13.4. The lowest BCUT2D eigenvalue weighted by molar-refractivity contribution is 0.211. The van der Waals surface area contributed by atoms with Crippen LogP contribution in [0.1, 0.15) is 16.2 Å². The van der Waals surface area contributed by atoms with Crippen LogP contribution in [0.2, 0.25) is 0 Å². The molecule has 0 unspecified atom stereocenters. The molecule has 0 amide bonds. The molecule has 184 valence electrons. The number of nitrogens with one attached hydrogen (secondary N) is 5. The first-order valence-electron chi connectivity index (χ1n) is 11.6. The zero-order chi connectivity index (χ0) is 24.7. The molecule has 0 spiro atoms. The van der Waals surface area contributed by atoms with E-state index in [0.29, 0.717) is 18.3 Å². The van der Waals surface area contributed by atoms with Gasteiger partial charge in [-0.25, -0.2) is 0 Å². The molecule has 1 aliphatic heterocycles. The van der Waals surface area contributed by atoms with Gasteiger partial charge in [-0.05, 0) is 47.2 Å². The third kappa shape index (κ3) is 6.31. The molecule has 1 fully saturated rings. The normalized spacial score (nSPS) is 16.9. The fraction of sp³-hybridized carbons (Fsp3) is 0.185. The highest BCUT2D eigenvalue weighted by atomic mass is 32.1. The van der Waals surface area contributed by atoms with E-state index >= 15 is 0 Å². The van der Waals surface area contributed by atoms with Gasteiger partial charge in [0.25, 0.3) is 0 Å². The first-order chi connectivity index (χ1) is 17.6. The molecule has 1 saturated heterocycles. The van der Waals surface area contributed by atoms with E-state index in [0.717, 1.165) is 45.6 Å². The highest BCUT2D eigenvalue weighted by molar-refractivity contribution is 7.12. The number of ether oxygens (including phenoxy) is 2. The molecule has 4 aromatic rings. The summed E-state index contributed by atoms with van der Waals surface area (Å²) in [5, 5.41) is 30.1. The molecule has 9 heteroatoms. The highest BCUT2D eigenvalue weighted by Gasteiger charge is 2.26. The fourth-order valence-corrected chi connectivity index (χ4v) is 5.21. The number of hydrogen-bond acceptors (Lipinski definition) is 7. The zero-order valence-electron chi connectivity index (χ0n) is 19.5.